The number of pyridine rings is 1. The quantitative estimate of drug-likeness (QED) is 0.535. The largest absolute Gasteiger partial charge is 0.394 e. The van der Waals surface area contributed by atoms with E-state index in [1.54, 1.807) is 0 Å². The van der Waals surface area contributed by atoms with Gasteiger partial charge in [0.05, 0.1) is 18.1 Å². The molecule has 0 aliphatic carbocycles. The summed E-state index contributed by atoms with van der Waals surface area (Å²) in [5, 5.41) is 8.60. The van der Waals surface area contributed by atoms with Crippen molar-refractivity contribution in [1.29, 1.82) is 0 Å². The van der Waals surface area contributed by atoms with Crippen molar-refractivity contribution < 1.29 is 18.3 Å². The van der Waals surface area contributed by atoms with Crippen molar-refractivity contribution in [3.63, 3.8) is 0 Å². The lowest BCUT2D eigenvalue weighted by atomic mass is 10.5. The van der Waals surface area contributed by atoms with Crippen LogP contribution in [0.15, 0.2) is 23.2 Å². The summed E-state index contributed by atoms with van der Waals surface area (Å²) in [5.74, 6) is 0. The van der Waals surface area contributed by atoms with E-state index in [1.165, 1.54) is 18.3 Å². The zero-order valence-electron chi connectivity index (χ0n) is 9.67. The van der Waals surface area contributed by atoms with E-state index in [-0.39, 0.29) is 29.8 Å². The zero-order chi connectivity index (χ0) is 13.4. The van der Waals surface area contributed by atoms with Crippen molar-refractivity contribution in [2.75, 3.05) is 26.4 Å². The number of hydrogen-bond acceptors (Lipinski definition) is 5. The number of ether oxygens (including phenoxy) is 1. The second-order valence-electron chi connectivity index (χ2n) is 3.40. The molecule has 0 spiro atoms. The van der Waals surface area contributed by atoms with Crippen molar-refractivity contribution >= 4 is 21.6 Å². The first-order chi connectivity index (χ1) is 8.56. The maximum absolute atomic E-state index is 11.8. The highest BCUT2D eigenvalue weighted by molar-refractivity contribution is 7.89. The molecule has 0 saturated heterocycles. The molecule has 0 aliphatic heterocycles. The number of halogens is 1. The minimum atomic E-state index is -3.55. The summed E-state index contributed by atoms with van der Waals surface area (Å²) in [6.07, 6.45) is 1.86. The molecule has 0 unspecified atom stereocenters. The fourth-order valence-electron chi connectivity index (χ4n) is 1.18. The molecule has 1 aromatic rings. The molecule has 102 valence electrons. The van der Waals surface area contributed by atoms with Gasteiger partial charge in [0, 0.05) is 19.3 Å². The highest BCUT2D eigenvalue weighted by Crippen LogP contribution is 2.12. The number of aliphatic hydroxyl groups excluding tert-OH is 1. The smallest absolute Gasteiger partial charge is 0.240 e. The standard InChI is InChI=1S/C10H15ClN2O4S/c11-10-8-9(2-4-12-10)18(15,16)13-3-1-6-17-7-5-14/h2,4,8,13-14H,1,3,5-7H2. The van der Waals surface area contributed by atoms with E-state index in [9.17, 15) is 8.42 Å². The first kappa shape index (κ1) is 15.3. The molecule has 1 rings (SSSR count). The summed E-state index contributed by atoms with van der Waals surface area (Å²) < 4.78 is 31.0. The van der Waals surface area contributed by atoms with E-state index in [4.69, 9.17) is 21.4 Å². The van der Waals surface area contributed by atoms with Crippen LogP contribution >= 0.6 is 11.6 Å². The third-order valence-corrected chi connectivity index (χ3v) is 3.67. The first-order valence-corrected chi connectivity index (χ1v) is 7.22. The molecule has 0 aliphatic rings. The molecule has 0 amide bonds. The van der Waals surface area contributed by atoms with Crippen molar-refractivity contribution in [3.8, 4) is 0 Å². The number of rotatable bonds is 8. The van der Waals surface area contributed by atoms with Gasteiger partial charge < -0.3 is 9.84 Å². The summed E-state index contributed by atoms with van der Waals surface area (Å²) >= 11 is 5.62. The van der Waals surface area contributed by atoms with E-state index < -0.39 is 10.0 Å². The van der Waals surface area contributed by atoms with Crippen LogP contribution in [0.1, 0.15) is 6.42 Å². The molecule has 0 aromatic carbocycles. The Labute approximate surface area is 111 Å². The summed E-state index contributed by atoms with van der Waals surface area (Å²) in [4.78, 5) is 3.80. The number of hydrogen-bond donors (Lipinski definition) is 2. The molecule has 1 aromatic heterocycles. The summed E-state index contributed by atoms with van der Waals surface area (Å²) in [7, 11) is -3.55. The van der Waals surface area contributed by atoms with Crippen molar-refractivity contribution in [3.05, 3.63) is 23.5 Å². The van der Waals surface area contributed by atoms with E-state index in [1.807, 2.05) is 0 Å². The van der Waals surface area contributed by atoms with Gasteiger partial charge in [-0.05, 0) is 18.6 Å². The predicted octanol–water partition coefficient (Wildman–Crippen LogP) is 0.412. The minimum Gasteiger partial charge on any atom is -0.394 e. The summed E-state index contributed by atoms with van der Waals surface area (Å²) in [6, 6.07) is 2.66. The lowest BCUT2D eigenvalue weighted by molar-refractivity contribution is 0.0913. The van der Waals surface area contributed by atoms with Crippen LogP contribution in [-0.4, -0.2) is 44.9 Å². The van der Waals surface area contributed by atoms with Crippen LogP contribution in [0.4, 0.5) is 0 Å². The van der Waals surface area contributed by atoms with Crippen LogP contribution in [0.25, 0.3) is 0 Å². The Kier molecular flexibility index (Phi) is 6.51. The van der Waals surface area contributed by atoms with Crippen LogP contribution in [0, 0.1) is 0 Å². The SMILES string of the molecule is O=S(=O)(NCCCOCCO)c1ccnc(Cl)c1. The minimum absolute atomic E-state index is 0.0404. The van der Waals surface area contributed by atoms with Crippen LogP contribution in [0.2, 0.25) is 5.15 Å². The predicted molar refractivity (Wildman–Crippen MR) is 67.0 cm³/mol. The zero-order valence-corrected chi connectivity index (χ0v) is 11.2. The fraction of sp³-hybridized carbons (Fsp3) is 0.500. The van der Waals surface area contributed by atoms with Crippen LogP contribution in [-0.2, 0) is 14.8 Å². The van der Waals surface area contributed by atoms with Gasteiger partial charge >= 0.3 is 0 Å². The van der Waals surface area contributed by atoms with E-state index >= 15 is 0 Å². The molecule has 18 heavy (non-hydrogen) atoms. The molecule has 8 heteroatoms. The number of nitrogens with one attached hydrogen (secondary N) is 1. The van der Waals surface area contributed by atoms with Gasteiger partial charge in [-0.15, -0.1) is 0 Å². The Morgan fingerprint density at radius 1 is 1.44 bits per heavy atom. The Bertz CT molecular complexity index is 467. The Hall–Kier alpha value is -0.730. The Morgan fingerprint density at radius 3 is 2.89 bits per heavy atom. The number of aromatic nitrogens is 1. The van der Waals surface area contributed by atoms with Gasteiger partial charge in [-0.3, -0.25) is 0 Å². The van der Waals surface area contributed by atoms with E-state index in [0.717, 1.165) is 0 Å². The molecule has 0 radical (unpaired) electrons. The molecule has 0 fully saturated rings. The topological polar surface area (TPSA) is 88.5 Å². The van der Waals surface area contributed by atoms with Gasteiger partial charge in [-0.25, -0.2) is 18.1 Å². The van der Waals surface area contributed by atoms with Crippen LogP contribution in [0.5, 0.6) is 0 Å². The average Bonchev–Trinajstić information content (AvgIpc) is 2.33. The van der Waals surface area contributed by atoms with E-state index in [0.29, 0.717) is 13.0 Å². The molecule has 0 bridgehead atoms. The fourth-order valence-corrected chi connectivity index (χ4v) is 2.51. The highest BCUT2D eigenvalue weighted by Gasteiger charge is 2.13. The van der Waals surface area contributed by atoms with Crippen molar-refractivity contribution in [2.24, 2.45) is 0 Å². The Morgan fingerprint density at radius 2 is 2.22 bits per heavy atom. The number of aliphatic hydroxyl groups is 1. The molecule has 1 heterocycles. The summed E-state index contributed by atoms with van der Waals surface area (Å²) in [5.41, 5.74) is 0. The molecule has 2 N–H and O–H groups in total. The monoisotopic (exact) mass is 294 g/mol. The third-order valence-electron chi connectivity index (χ3n) is 2.00. The van der Waals surface area contributed by atoms with Crippen LogP contribution < -0.4 is 4.72 Å². The molecule has 0 saturated carbocycles. The third kappa shape index (κ3) is 5.28. The van der Waals surface area contributed by atoms with Gasteiger partial charge in [-0.1, -0.05) is 11.6 Å². The number of nitrogens with zero attached hydrogens (tertiary/aromatic N) is 1. The normalized spacial score (nSPS) is 11.7. The molecule has 6 nitrogen and oxygen atoms in total. The molecular weight excluding hydrogens is 280 g/mol. The molecular formula is C10H15ClN2O4S. The maximum atomic E-state index is 11.8. The molecule has 0 atom stereocenters. The second kappa shape index (κ2) is 7.65. The van der Waals surface area contributed by atoms with Gasteiger partial charge in [-0.2, -0.15) is 0 Å². The lowest BCUT2D eigenvalue weighted by Gasteiger charge is -2.07. The van der Waals surface area contributed by atoms with Crippen molar-refractivity contribution in [1.82, 2.24) is 9.71 Å². The highest BCUT2D eigenvalue weighted by atomic mass is 35.5. The van der Waals surface area contributed by atoms with Gasteiger partial charge in [0.1, 0.15) is 5.15 Å². The first-order valence-electron chi connectivity index (χ1n) is 5.36. The lowest BCUT2D eigenvalue weighted by Crippen LogP contribution is -2.25. The van der Waals surface area contributed by atoms with Gasteiger partial charge in [0.25, 0.3) is 0 Å². The van der Waals surface area contributed by atoms with Crippen molar-refractivity contribution in [2.45, 2.75) is 11.3 Å². The maximum Gasteiger partial charge on any atom is 0.240 e. The number of sulfonamides is 1. The van der Waals surface area contributed by atoms with Crippen LogP contribution in [0.3, 0.4) is 0 Å². The van der Waals surface area contributed by atoms with Gasteiger partial charge in [0.2, 0.25) is 10.0 Å². The Balaban J connectivity index is 2.41. The van der Waals surface area contributed by atoms with E-state index in [2.05, 4.69) is 9.71 Å². The summed E-state index contributed by atoms with van der Waals surface area (Å²) in [6.45, 7) is 0.863. The average molecular weight is 295 g/mol. The van der Waals surface area contributed by atoms with Gasteiger partial charge in [0.15, 0.2) is 0 Å². The second-order valence-corrected chi connectivity index (χ2v) is 5.56.